The zero-order chi connectivity index (χ0) is 19.3. The van der Waals surface area contributed by atoms with Crippen LogP contribution in [0.4, 0.5) is 0 Å². The molecule has 0 radical (unpaired) electrons. The fourth-order valence-electron chi connectivity index (χ4n) is 2.52. The molecule has 142 valence electrons. The molecule has 0 amide bonds. The van der Waals surface area contributed by atoms with Crippen LogP contribution in [0, 0.1) is 6.92 Å². The second-order valence-electron chi connectivity index (χ2n) is 5.88. The molecule has 0 N–H and O–H groups in total. The molecule has 0 fully saturated rings. The van der Waals surface area contributed by atoms with Crippen molar-refractivity contribution in [3.63, 3.8) is 0 Å². The fraction of sp³-hybridized carbons (Fsp3) is 0.150. The second kappa shape index (κ2) is 8.72. The number of ether oxygens (including phenoxy) is 1. The summed E-state index contributed by atoms with van der Waals surface area (Å²) in [5.41, 5.74) is 2.14. The highest BCUT2D eigenvalue weighted by Gasteiger charge is 2.15. The minimum atomic E-state index is -0.377. The Kier molecular flexibility index (Phi) is 5.90. The molecule has 0 saturated heterocycles. The highest BCUT2D eigenvalue weighted by molar-refractivity contribution is 7.98. The van der Waals surface area contributed by atoms with Gasteiger partial charge in [-0.2, -0.15) is 0 Å². The van der Waals surface area contributed by atoms with Crippen molar-refractivity contribution in [1.82, 2.24) is 10.1 Å². The van der Waals surface area contributed by atoms with Gasteiger partial charge in [0.05, 0.1) is 21.1 Å². The van der Waals surface area contributed by atoms with Crippen LogP contribution in [0.25, 0.3) is 10.6 Å². The zero-order valence-electron chi connectivity index (χ0n) is 15.0. The number of thiazole rings is 1. The molecule has 0 aliphatic rings. The van der Waals surface area contributed by atoms with E-state index in [-0.39, 0.29) is 12.6 Å². The largest absolute Gasteiger partial charge is 0.455 e. The molecule has 0 atom stereocenters. The number of rotatable bonds is 7. The minimum absolute atomic E-state index is 0.0675. The molecule has 1 aromatic carbocycles. The molecule has 0 bridgehead atoms. The monoisotopic (exact) mass is 428 g/mol. The first-order chi connectivity index (χ1) is 13.7. The molecular weight excluding hydrogens is 412 g/mol. The van der Waals surface area contributed by atoms with Gasteiger partial charge < -0.3 is 9.26 Å². The van der Waals surface area contributed by atoms with E-state index >= 15 is 0 Å². The summed E-state index contributed by atoms with van der Waals surface area (Å²) in [4.78, 5) is 18.9. The highest BCUT2D eigenvalue weighted by atomic mass is 32.2. The Hall–Kier alpha value is -2.42. The van der Waals surface area contributed by atoms with Gasteiger partial charge in [-0.25, -0.2) is 9.78 Å². The summed E-state index contributed by atoms with van der Waals surface area (Å²) in [6, 6.07) is 13.1. The van der Waals surface area contributed by atoms with Crippen molar-refractivity contribution in [2.45, 2.75) is 24.2 Å². The molecule has 28 heavy (non-hydrogen) atoms. The third kappa shape index (κ3) is 4.52. The Bertz CT molecular complexity index is 1070. The Morgan fingerprint density at radius 3 is 2.86 bits per heavy atom. The maximum absolute atomic E-state index is 12.6. The normalized spacial score (nSPS) is 10.9. The molecule has 3 aromatic heterocycles. The van der Waals surface area contributed by atoms with Gasteiger partial charge in [-0.1, -0.05) is 23.4 Å². The first-order valence-electron chi connectivity index (χ1n) is 8.48. The molecule has 0 aliphatic carbocycles. The maximum Gasteiger partial charge on any atom is 0.339 e. The number of hydrogen-bond donors (Lipinski definition) is 0. The average molecular weight is 429 g/mol. The molecular formula is C20H16N2O3S3. The van der Waals surface area contributed by atoms with E-state index in [1.807, 2.05) is 48.0 Å². The smallest absolute Gasteiger partial charge is 0.339 e. The van der Waals surface area contributed by atoms with E-state index in [9.17, 15) is 4.79 Å². The van der Waals surface area contributed by atoms with E-state index in [2.05, 4.69) is 10.1 Å². The molecule has 0 aliphatic heterocycles. The average Bonchev–Trinajstić information content (AvgIpc) is 3.46. The zero-order valence-corrected chi connectivity index (χ0v) is 17.4. The van der Waals surface area contributed by atoms with Crippen LogP contribution in [-0.4, -0.2) is 16.1 Å². The summed E-state index contributed by atoms with van der Waals surface area (Å²) in [7, 11) is 0. The van der Waals surface area contributed by atoms with E-state index in [0.717, 1.165) is 20.5 Å². The highest BCUT2D eigenvalue weighted by Crippen LogP contribution is 2.28. The predicted octanol–water partition coefficient (Wildman–Crippen LogP) is 5.82. The summed E-state index contributed by atoms with van der Waals surface area (Å²) in [6.07, 6.45) is 0. The summed E-state index contributed by atoms with van der Waals surface area (Å²) in [5.74, 6) is 1.01. The molecule has 3 heterocycles. The molecule has 0 spiro atoms. The van der Waals surface area contributed by atoms with Crippen LogP contribution in [0.3, 0.4) is 0 Å². The van der Waals surface area contributed by atoms with E-state index < -0.39 is 0 Å². The van der Waals surface area contributed by atoms with Crippen molar-refractivity contribution in [2.75, 3.05) is 0 Å². The molecule has 5 nitrogen and oxygen atoms in total. The maximum atomic E-state index is 12.6. The molecule has 0 saturated carbocycles. The van der Waals surface area contributed by atoms with Crippen molar-refractivity contribution in [3.8, 4) is 10.6 Å². The predicted molar refractivity (Wildman–Crippen MR) is 112 cm³/mol. The number of carbonyl (C=O) groups excluding carboxylic acids is 1. The van der Waals surface area contributed by atoms with Crippen LogP contribution in [0.1, 0.15) is 26.8 Å². The van der Waals surface area contributed by atoms with Gasteiger partial charge >= 0.3 is 5.97 Å². The van der Waals surface area contributed by atoms with Crippen LogP contribution in [0.15, 0.2) is 62.6 Å². The van der Waals surface area contributed by atoms with Crippen molar-refractivity contribution in [2.24, 2.45) is 0 Å². The van der Waals surface area contributed by atoms with Gasteiger partial charge in [-0.15, -0.1) is 34.4 Å². The molecule has 4 aromatic rings. The molecule has 8 heteroatoms. The lowest BCUT2D eigenvalue weighted by Crippen LogP contribution is -2.06. The van der Waals surface area contributed by atoms with Gasteiger partial charge in [0.1, 0.15) is 12.3 Å². The van der Waals surface area contributed by atoms with Crippen LogP contribution < -0.4 is 0 Å². The Labute approximate surface area is 174 Å². The van der Waals surface area contributed by atoms with Gasteiger partial charge in [0.2, 0.25) is 0 Å². The number of aromatic nitrogens is 2. The number of thioether (sulfide) groups is 1. The van der Waals surface area contributed by atoms with E-state index in [4.69, 9.17) is 9.26 Å². The summed E-state index contributed by atoms with van der Waals surface area (Å²) in [5, 5.41) is 9.03. The molecule has 0 unspecified atom stereocenters. The summed E-state index contributed by atoms with van der Waals surface area (Å²) >= 11 is 4.77. The Morgan fingerprint density at radius 1 is 1.18 bits per heavy atom. The van der Waals surface area contributed by atoms with E-state index in [1.165, 1.54) is 0 Å². The number of nitrogens with zero attached hydrogens (tertiary/aromatic N) is 2. The topological polar surface area (TPSA) is 65.2 Å². The van der Waals surface area contributed by atoms with Crippen LogP contribution in [-0.2, 0) is 17.1 Å². The van der Waals surface area contributed by atoms with Crippen molar-refractivity contribution in [3.05, 3.63) is 75.2 Å². The quantitative estimate of drug-likeness (QED) is 0.273. The van der Waals surface area contributed by atoms with Crippen molar-refractivity contribution in [1.29, 1.82) is 0 Å². The number of benzene rings is 1. The number of carbonyl (C=O) groups is 1. The molecule has 4 rings (SSSR count). The minimum Gasteiger partial charge on any atom is -0.455 e. The fourth-order valence-corrected chi connectivity index (χ4v) is 4.84. The van der Waals surface area contributed by atoms with Crippen LogP contribution in [0.2, 0.25) is 0 Å². The number of thiophene rings is 1. The van der Waals surface area contributed by atoms with Crippen LogP contribution in [0.5, 0.6) is 0 Å². The van der Waals surface area contributed by atoms with Crippen molar-refractivity contribution < 1.29 is 14.1 Å². The van der Waals surface area contributed by atoms with Gasteiger partial charge in [-0.3, -0.25) is 0 Å². The third-order valence-corrected chi connectivity index (χ3v) is 6.64. The lowest BCUT2D eigenvalue weighted by molar-refractivity contribution is 0.0460. The van der Waals surface area contributed by atoms with E-state index in [0.29, 0.717) is 22.8 Å². The standard InChI is InChI=1S/C20H16N2O3S3/c1-13-21-15(11-27-13)12-28-18-6-3-2-5-16(18)20(23)24-10-14-9-17(25-22-14)19-7-4-8-26-19/h2-9,11H,10,12H2,1H3. The van der Waals surface area contributed by atoms with Gasteiger partial charge in [0.25, 0.3) is 0 Å². The SMILES string of the molecule is Cc1nc(CSc2ccccc2C(=O)OCc2cc(-c3cccs3)on2)cs1. The summed E-state index contributed by atoms with van der Waals surface area (Å²) in [6.45, 7) is 2.05. The number of esters is 1. The van der Waals surface area contributed by atoms with E-state index in [1.54, 1.807) is 46.6 Å². The first kappa shape index (κ1) is 18.9. The third-order valence-electron chi connectivity index (χ3n) is 3.82. The Morgan fingerprint density at radius 2 is 2.07 bits per heavy atom. The van der Waals surface area contributed by atoms with Gasteiger partial charge in [0.15, 0.2) is 5.76 Å². The number of hydrogen-bond acceptors (Lipinski definition) is 8. The van der Waals surface area contributed by atoms with Gasteiger partial charge in [-0.05, 0) is 30.5 Å². The van der Waals surface area contributed by atoms with Crippen molar-refractivity contribution >= 4 is 40.4 Å². The van der Waals surface area contributed by atoms with Gasteiger partial charge in [0, 0.05) is 22.1 Å². The second-order valence-corrected chi connectivity index (χ2v) is 8.91. The summed E-state index contributed by atoms with van der Waals surface area (Å²) < 4.78 is 10.8. The lowest BCUT2D eigenvalue weighted by atomic mass is 10.2. The first-order valence-corrected chi connectivity index (χ1v) is 11.2. The number of aryl methyl sites for hydroxylation is 1. The lowest BCUT2D eigenvalue weighted by Gasteiger charge is -2.08. The van der Waals surface area contributed by atoms with Crippen LogP contribution >= 0.6 is 34.4 Å². The Balaban J connectivity index is 1.39.